The first-order chi connectivity index (χ1) is 7.49. The van der Waals surface area contributed by atoms with Crippen LogP contribution in [0, 0.1) is 0 Å². The fourth-order valence-electron chi connectivity index (χ4n) is 0.801. The van der Waals surface area contributed by atoms with Gasteiger partial charge in [0, 0.05) is 0 Å². The van der Waals surface area contributed by atoms with Crippen molar-refractivity contribution >= 4 is 46.4 Å². The summed E-state index contributed by atoms with van der Waals surface area (Å²) in [5.74, 6) is -1.01. The zero-order valence-corrected chi connectivity index (χ0v) is 9.72. The van der Waals surface area contributed by atoms with Crippen molar-refractivity contribution in [2.24, 2.45) is 16.5 Å². The maximum absolute atomic E-state index is 10.6. The summed E-state index contributed by atoms with van der Waals surface area (Å²) in [6.07, 6.45) is 0. The monoisotopic (exact) mass is 255 g/mol. The van der Waals surface area contributed by atoms with Crippen LogP contribution in [0.25, 0.3) is 0 Å². The van der Waals surface area contributed by atoms with E-state index >= 15 is 0 Å². The van der Waals surface area contributed by atoms with Crippen molar-refractivity contribution < 1.29 is 9.90 Å². The summed E-state index contributed by atoms with van der Waals surface area (Å²) in [5, 5.41) is 10.8. The van der Waals surface area contributed by atoms with Crippen LogP contribution in [0.1, 0.15) is 10.4 Å². The van der Waals surface area contributed by atoms with Gasteiger partial charge in [0.1, 0.15) is 0 Å². The van der Waals surface area contributed by atoms with Crippen LogP contribution >= 0.6 is 24.4 Å². The summed E-state index contributed by atoms with van der Waals surface area (Å²) in [6, 6.07) is 6.36. The number of carboxylic acids is 1. The Morgan fingerprint density at radius 1 is 1.38 bits per heavy atom. The number of aliphatic imine (C=N–C) groups is 1. The van der Waals surface area contributed by atoms with Crippen LogP contribution in [0.3, 0.4) is 0 Å². The van der Waals surface area contributed by atoms with Gasteiger partial charge in [0.05, 0.1) is 16.4 Å². The first-order valence-corrected chi connectivity index (χ1v) is 4.75. The second kappa shape index (κ2) is 7.47. The van der Waals surface area contributed by atoms with Gasteiger partial charge in [0.2, 0.25) is 0 Å². The number of benzene rings is 1. The summed E-state index contributed by atoms with van der Waals surface area (Å²) < 4.78 is 0. The van der Waals surface area contributed by atoms with Gasteiger partial charge in [-0.25, -0.2) is 4.79 Å². The van der Waals surface area contributed by atoms with Crippen molar-refractivity contribution in [1.82, 2.24) is 0 Å². The van der Waals surface area contributed by atoms with Crippen LogP contribution in [-0.2, 0) is 0 Å². The highest BCUT2D eigenvalue weighted by Gasteiger charge is 2.06. The predicted octanol–water partition coefficient (Wildman–Crippen LogP) is 1.31. The smallest absolute Gasteiger partial charge is 0.337 e. The van der Waals surface area contributed by atoms with E-state index in [0.717, 1.165) is 0 Å². The maximum atomic E-state index is 10.6. The van der Waals surface area contributed by atoms with Crippen LogP contribution in [0.15, 0.2) is 29.3 Å². The van der Waals surface area contributed by atoms with Crippen LogP contribution in [-0.4, -0.2) is 21.3 Å². The average molecular weight is 255 g/mol. The molecule has 1 rings (SSSR count). The van der Waals surface area contributed by atoms with Gasteiger partial charge in [-0.2, -0.15) is 4.99 Å². The second-order valence-corrected chi connectivity index (χ2v) is 3.08. The lowest BCUT2D eigenvalue weighted by Gasteiger charge is -1.96. The Balaban J connectivity index is 0.000000487. The normalized spacial score (nSPS) is 8.00. The zero-order valence-electron chi connectivity index (χ0n) is 8.08. The number of carbonyl (C=O) groups is 1. The molecule has 84 valence electrons. The SMILES string of the molecule is NC(N)=S.O=C(O)c1ccccc1N=C=S. The number of hydrogen-bond acceptors (Lipinski definition) is 4. The topological polar surface area (TPSA) is 102 Å². The van der Waals surface area contributed by atoms with Gasteiger partial charge in [0.25, 0.3) is 0 Å². The molecule has 0 amide bonds. The number of para-hydroxylation sites is 1. The van der Waals surface area contributed by atoms with Gasteiger partial charge in [-0.05, 0) is 36.6 Å². The largest absolute Gasteiger partial charge is 0.478 e. The van der Waals surface area contributed by atoms with E-state index < -0.39 is 5.97 Å². The van der Waals surface area contributed by atoms with E-state index in [1.807, 2.05) is 0 Å². The van der Waals surface area contributed by atoms with Crippen molar-refractivity contribution in [2.45, 2.75) is 0 Å². The number of rotatable bonds is 2. The third-order valence-corrected chi connectivity index (χ3v) is 1.39. The molecule has 0 aromatic heterocycles. The third kappa shape index (κ3) is 5.82. The Labute approximate surface area is 103 Å². The molecule has 0 aliphatic heterocycles. The molecule has 0 spiro atoms. The highest BCUT2D eigenvalue weighted by atomic mass is 32.1. The number of isothiocyanates is 1. The van der Waals surface area contributed by atoms with E-state index in [9.17, 15) is 4.79 Å². The number of hydrogen-bond donors (Lipinski definition) is 3. The van der Waals surface area contributed by atoms with E-state index in [2.05, 4.69) is 46.1 Å². The second-order valence-electron chi connectivity index (χ2n) is 2.43. The van der Waals surface area contributed by atoms with E-state index in [-0.39, 0.29) is 10.7 Å². The Morgan fingerprint density at radius 2 is 1.88 bits per heavy atom. The standard InChI is InChI=1S/C8H5NO2S.CH4N2S/c10-8(11)6-3-1-2-4-7(6)9-5-12;2-1(3)4/h1-4H,(H,10,11);(H4,2,3,4). The van der Waals surface area contributed by atoms with E-state index in [4.69, 9.17) is 5.11 Å². The quantitative estimate of drug-likeness (QED) is 0.544. The molecule has 0 atom stereocenters. The molecule has 0 bridgehead atoms. The molecule has 0 saturated carbocycles. The molecular formula is C9H9N3O2S2. The summed E-state index contributed by atoms with van der Waals surface area (Å²) in [4.78, 5) is 14.2. The number of nitrogens with zero attached hydrogens (tertiary/aromatic N) is 1. The van der Waals surface area contributed by atoms with E-state index in [1.165, 1.54) is 6.07 Å². The fourth-order valence-corrected chi connectivity index (χ4v) is 0.900. The predicted molar refractivity (Wildman–Crippen MR) is 69.1 cm³/mol. The minimum absolute atomic E-state index is 0.000000000000000222. The minimum Gasteiger partial charge on any atom is -0.478 e. The summed E-state index contributed by atoms with van der Waals surface area (Å²) in [6.45, 7) is 0. The molecule has 0 heterocycles. The van der Waals surface area contributed by atoms with Crippen LogP contribution < -0.4 is 11.5 Å². The summed E-state index contributed by atoms with van der Waals surface area (Å²) in [5.41, 5.74) is 9.71. The van der Waals surface area contributed by atoms with Gasteiger partial charge in [0.15, 0.2) is 5.11 Å². The molecule has 7 heteroatoms. The van der Waals surface area contributed by atoms with Gasteiger partial charge in [-0.15, -0.1) is 0 Å². The molecule has 0 radical (unpaired) electrons. The van der Waals surface area contributed by atoms with Crippen molar-refractivity contribution in [1.29, 1.82) is 0 Å². The van der Waals surface area contributed by atoms with Crippen molar-refractivity contribution in [2.75, 3.05) is 0 Å². The molecule has 0 aliphatic rings. The first kappa shape index (κ1) is 14.2. The van der Waals surface area contributed by atoms with Crippen LogP contribution in [0.2, 0.25) is 0 Å². The molecule has 0 saturated heterocycles. The van der Waals surface area contributed by atoms with E-state index in [0.29, 0.717) is 5.69 Å². The molecule has 5 nitrogen and oxygen atoms in total. The maximum Gasteiger partial charge on any atom is 0.337 e. The Kier molecular flexibility index (Phi) is 6.62. The lowest BCUT2D eigenvalue weighted by atomic mass is 10.2. The molecule has 5 N–H and O–H groups in total. The third-order valence-electron chi connectivity index (χ3n) is 1.30. The zero-order chi connectivity index (χ0) is 12.6. The number of aromatic carboxylic acids is 1. The Morgan fingerprint density at radius 3 is 2.31 bits per heavy atom. The first-order valence-electron chi connectivity index (χ1n) is 3.94. The molecule has 0 fully saturated rings. The van der Waals surface area contributed by atoms with Gasteiger partial charge in [-0.3, -0.25) is 0 Å². The lowest BCUT2D eigenvalue weighted by molar-refractivity contribution is 0.0698. The average Bonchev–Trinajstić information content (AvgIpc) is 2.18. The fraction of sp³-hybridized carbons (Fsp3) is 0. The van der Waals surface area contributed by atoms with Crippen LogP contribution in [0.4, 0.5) is 5.69 Å². The van der Waals surface area contributed by atoms with Crippen molar-refractivity contribution in [3.05, 3.63) is 29.8 Å². The number of thiocarbonyl (C=S) groups is 2. The minimum atomic E-state index is -1.01. The molecule has 1 aromatic carbocycles. The van der Waals surface area contributed by atoms with E-state index in [1.54, 1.807) is 18.2 Å². The number of nitrogens with two attached hydrogens (primary N) is 2. The van der Waals surface area contributed by atoms with Crippen LogP contribution in [0.5, 0.6) is 0 Å². The van der Waals surface area contributed by atoms with Crippen molar-refractivity contribution in [3.63, 3.8) is 0 Å². The number of carboxylic acid groups (broad SMARTS) is 1. The Hall–Kier alpha value is -1.82. The lowest BCUT2D eigenvalue weighted by Crippen LogP contribution is -2.18. The highest BCUT2D eigenvalue weighted by Crippen LogP contribution is 2.17. The summed E-state index contributed by atoms with van der Waals surface area (Å²) >= 11 is 8.46. The van der Waals surface area contributed by atoms with Gasteiger partial charge < -0.3 is 16.6 Å². The van der Waals surface area contributed by atoms with Gasteiger partial charge >= 0.3 is 5.97 Å². The highest BCUT2D eigenvalue weighted by molar-refractivity contribution is 7.80. The van der Waals surface area contributed by atoms with Crippen molar-refractivity contribution in [3.8, 4) is 0 Å². The molecule has 16 heavy (non-hydrogen) atoms. The molecule has 0 aliphatic carbocycles. The molecular weight excluding hydrogens is 246 g/mol. The molecule has 0 unspecified atom stereocenters. The molecule has 1 aromatic rings. The summed E-state index contributed by atoms with van der Waals surface area (Å²) in [7, 11) is 0. The van der Waals surface area contributed by atoms with Gasteiger partial charge in [-0.1, -0.05) is 12.1 Å². The Bertz CT molecular complexity index is 417.